The van der Waals surface area contributed by atoms with Crippen LogP contribution >= 0.6 is 0 Å². The molecule has 0 bridgehead atoms. The first-order chi connectivity index (χ1) is 12.4. The van der Waals surface area contributed by atoms with E-state index in [9.17, 15) is 0 Å². The minimum atomic E-state index is 0.992. The summed E-state index contributed by atoms with van der Waals surface area (Å²) in [5, 5.41) is 4.87. The Kier molecular flexibility index (Phi) is 2.35. The molecule has 0 aliphatic carbocycles. The molecule has 0 unspecified atom stereocenters. The van der Waals surface area contributed by atoms with Crippen molar-refractivity contribution in [2.24, 2.45) is 0 Å². The second-order valence-electron chi connectivity index (χ2n) is 6.35. The Balaban J connectivity index is 1.96. The maximum atomic E-state index is 4.59. The molecular formula is C22H13N3. The zero-order chi connectivity index (χ0) is 16.4. The van der Waals surface area contributed by atoms with Crippen LogP contribution in [-0.2, 0) is 0 Å². The summed E-state index contributed by atoms with van der Waals surface area (Å²) in [7, 11) is 0. The quantitative estimate of drug-likeness (QED) is 0.412. The average Bonchev–Trinajstić information content (AvgIpc) is 3.20. The maximum absolute atomic E-state index is 4.59. The van der Waals surface area contributed by atoms with E-state index in [1.165, 1.54) is 38.1 Å². The Bertz CT molecular complexity index is 1380. The molecule has 0 saturated carbocycles. The van der Waals surface area contributed by atoms with Gasteiger partial charge in [0.2, 0.25) is 0 Å². The number of rotatable bonds is 1. The van der Waals surface area contributed by atoms with Crippen LogP contribution in [-0.4, -0.2) is 14.4 Å². The molecule has 0 atom stereocenters. The highest BCUT2D eigenvalue weighted by atomic mass is 14.9. The number of hydrogen-bond acceptors (Lipinski definition) is 2. The molecular weight excluding hydrogens is 306 g/mol. The van der Waals surface area contributed by atoms with Crippen LogP contribution < -0.4 is 0 Å². The zero-order valence-electron chi connectivity index (χ0n) is 13.3. The normalized spacial score (nSPS) is 12.0. The molecule has 0 aliphatic heterocycles. The summed E-state index contributed by atoms with van der Waals surface area (Å²) in [6, 6.07) is 21.0. The third-order valence-electron chi connectivity index (χ3n) is 5.07. The van der Waals surface area contributed by atoms with Gasteiger partial charge in [0.1, 0.15) is 0 Å². The van der Waals surface area contributed by atoms with Crippen molar-refractivity contribution in [2.75, 3.05) is 0 Å². The molecule has 4 aromatic heterocycles. The topological polar surface area (TPSA) is 30.2 Å². The Morgan fingerprint density at radius 1 is 0.640 bits per heavy atom. The van der Waals surface area contributed by atoms with Crippen LogP contribution in [0.1, 0.15) is 0 Å². The van der Waals surface area contributed by atoms with Gasteiger partial charge in [-0.15, -0.1) is 0 Å². The van der Waals surface area contributed by atoms with Crippen molar-refractivity contribution in [2.45, 2.75) is 0 Å². The largest absolute Gasteiger partial charge is 0.307 e. The first-order valence-electron chi connectivity index (χ1n) is 8.36. The zero-order valence-corrected chi connectivity index (χ0v) is 13.3. The number of nitrogens with zero attached hydrogens (tertiary/aromatic N) is 3. The third kappa shape index (κ3) is 1.55. The van der Waals surface area contributed by atoms with Crippen LogP contribution in [0, 0.1) is 0 Å². The second-order valence-corrected chi connectivity index (χ2v) is 6.35. The number of benzene rings is 2. The Morgan fingerprint density at radius 2 is 1.44 bits per heavy atom. The highest BCUT2D eigenvalue weighted by molar-refractivity contribution is 6.24. The van der Waals surface area contributed by atoms with Crippen molar-refractivity contribution >= 4 is 38.1 Å². The molecule has 0 fully saturated rings. The van der Waals surface area contributed by atoms with Gasteiger partial charge in [0.15, 0.2) is 0 Å². The van der Waals surface area contributed by atoms with E-state index in [1.807, 2.05) is 30.7 Å². The number of para-hydroxylation sites is 2. The van der Waals surface area contributed by atoms with Gasteiger partial charge < -0.3 is 4.40 Å². The second kappa shape index (κ2) is 4.54. The summed E-state index contributed by atoms with van der Waals surface area (Å²) in [5.41, 5.74) is 5.81. The van der Waals surface area contributed by atoms with E-state index in [0.717, 1.165) is 11.3 Å². The molecule has 6 aromatic rings. The van der Waals surface area contributed by atoms with E-state index in [1.54, 1.807) is 0 Å². The van der Waals surface area contributed by atoms with Crippen LogP contribution in [0.4, 0.5) is 0 Å². The van der Waals surface area contributed by atoms with Gasteiger partial charge in [-0.3, -0.25) is 9.97 Å². The van der Waals surface area contributed by atoms with Crippen LogP contribution in [0.2, 0.25) is 0 Å². The molecule has 3 nitrogen and oxygen atoms in total. The van der Waals surface area contributed by atoms with E-state index < -0.39 is 0 Å². The highest BCUT2D eigenvalue weighted by Gasteiger charge is 2.19. The summed E-state index contributed by atoms with van der Waals surface area (Å²) in [5.74, 6) is 0. The van der Waals surface area contributed by atoms with Crippen molar-refractivity contribution in [3.05, 3.63) is 79.3 Å². The standard InChI is InChI=1S/C22H13N3/c1-2-10-20-14(6-1)17-12-23-13-18-15-7-5-8-16(19-9-3-4-11-24-19)21(15)25(20)22(17)18/h1-13H. The van der Waals surface area contributed by atoms with Gasteiger partial charge in [-0.1, -0.05) is 42.5 Å². The van der Waals surface area contributed by atoms with E-state index in [0.29, 0.717) is 0 Å². The van der Waals surface area contributed by atoms with E-state index in [-0.39, 0.29) is 0 Å². The van der Waals surface area contributed by atoms with Crippen molar-refractivity contribution in [3.63, 3.8) is 0 Å². The lowest BCUT2D eigenvalue weighted by atomic mass is 10.1. The lowest BCUT2D eigenvalue weighted by Crippen LogP contribution is -1.87. The summed E-state index contributed by atoms with van der Waals surface area (Å²) in [4.78, 5) is 9.10. The minimum absolute atomic E-state index is 0.992. The smallest absolute Gasteiger partial charge is 0.0723 e. The van der Waals surface area contributed by atoms with E-state index in [2.05, 4.69) is 62.9 Å². The van der Waals surface area contributed by atoms with Crippen molar-refractivity contribution in [1.29, 1.82) is 0 Å². The molecule has 0 N–H and O–H groups in total. The SMILES string of the molecule is c1ccc(-c2cccc3c4cncc5c6ccccc6n(c23)c54)nc1. The summed E-state index contributed by atoms with van der Waals surface area (Å²) >= 11 is 0. The first kappa shape index (κ1) is 12.9. The van der Waals surface area contributed by atoms with Gasteiger partial charge in [-0.25, -0.2) is 0 Å². The summed E-state index contributed by atoms with van der Waals surface area (Å²) in [6.07, 6.45) is 5.80. The van der Waals surface area contributed by atoms with Crippen molar-refractivity contribution in [1.82, 2.24) is 14.4 Å². The van der Waals surface area contributed by atoms with E-state index >= 15 is 0 Å². The van der Waals surface area contributed by atoms with Gasteiger partial charge in [-0.2, -0.15) is 0 Å². The Labute approximate surface area is 143 Å². The highest BCUT2D eigenvalue weighted by Crippen LogP contribution is 2.41. The molecule has 4 heterocycles. The Hall–Kier alpha value is -3.46. The average molecular weight is 319 g/mol. The monoisotopic (exact) mass is 319 g/mol. The number of aromatic nitrogens is 3. The molecule has 0 spiro atoms. The maximum Gasteiger partial charge on any atom is 0.0723 e. The Morgan fingerprint density at radius 3 is 2.32 bits per heavy atom. The van der Waals surface area contributed by atoms with Gasteiger partial charge in [0.25, 0.3) is 0 Å². The molecule has 116 valence electrons. The predicted molar refractivity (Wildman–Crippen MR) is 102 cm³/mol. The van der Waals surface area contributed by atoms with Crippen LogP contribution in [0.25, 0.3) is 49.4 Å². The van der Waals surface area contributed by atoms with Crippen LogP contribution in [0.5, 0.6) is 0 Å². The fourth-order valence-electron chi connectivity index (χ4n) is 4.07. The number of fused-ring (bicyclic) bond motifs is 6. The first-order valence-corrected chi connectivity index (χ1v) is 8.36. The minimum Gasteiger partial charge on any atom is -0.307 e. The van der Waals surface area contributed by atoms with Gasteiger partial charge in [0, 0.05) is 45.7 Å². The molecule has 25 heavy (non-hydrogen) atoms. The molecule has 6 rings (SSSR count). The molecule has 0 amide bonds. The molecule has 0 aliphatic rings. The van der Waals surface area contributed by atoms with Crippen molar-refractivity contribution in [3.8, 4) is 11.3 Å². The number of pyridine rings is 2. The predicted octanol–water partition coefficient (Wildman–Crippen LogP) is 5.29. The lowest BCUT2D eigenvalue weighted by Gasteiger charge is -2.05. The fraction of sp³-hybridized carbons (Fsp3) is 0. The summed E-state index contributed by atoms with van der Waals surface area (Å²) in [6.45, 7) is 0. The molecule has 0 saturated heterocycles. The summed E-state index contributed by atoms with van der Waals surface area (Å²) < 4.78 is 2.38. The lowest BCUT2D eigenvalue weighted by molar-refractivity contribution is 1.31. The molecule has 0 radical (unpaired) electrons. The third-order valence-corrected chi connectivity index (χ3v) is 5.07. The van der Waals surface area contributed by atoms with Crippen LogP contribution in [0.15, 0.2) is 79.3 Å². The molecule has 2 aromatic carbocycles. The number of hydrogen-bond donors (Lipinski definition) is 0. The van der Waals surface area contributed by atoms with Crippen LogP contribution in [0.3, 0.4) is 0 Å². The van der Waals surface area contributed by atoms with Gasteiger partial charge >= 0.3 is 0 Å². The fourth-order valence-corrected chi connectivity index (χ4v) is 4.07. The van der Waals surface area contributed by atoms with Crippen molar-refractivity contribution < 1.29 is 0 Å². The van der Waals surface area contributed by atoms with Gasteiger partial charge in [0.05, 0.1) is 22.2 Å². The molecule has 3 heteroatoms. The van der Waals surface area contributed by atoms with E-state index in [4.69, 9.17) is 0 Å². The van der Waals surface area contributed by atoms with Gasteiger partial charge in [-0.05, 0) is 18.2 Å².